The quantitative estimate of drug-likeness (QED) is 0.863. The number of amides is 1. The topological polar surface area (TPSA) is 90.1 Å². The molecule has 0 atom stereocenters. The number of nitrogens with two attached hydrogens (primary N) is 1. The van der Waals surface area contributed by atoms with Gasteiger partial charge in [0.2, 0.25) is 0 Å². The van der Waals surface area contributed by atoms with Crippen LogP contribution in [0.4, 0.5) is 5.69 Å². The largest absolute Gasteiger partial charge is 0.492 e. The van der Waals surface area contributed by atoms with Gasteiger partial charge in [-0.05, 0) is 42.7 Å². The maximum Gasteiger partial charge on any atom is 0.269 e. The van der Waals surface area contributed by atoms with Gasteiger partial charge < -0.3 is 15.8 Å². The van der Waals surface area contributed by atoms with Crippen molar-refractivity contribution in [1.29, 1.82) is 0 Å². The molecule has 0 fully saturated rings. The molecule has 0 saturated carbocycles. The van der Waals surface area contributed by atoms with Crippen LogP contribution in [0, 0.1) is 6.92 Å². The van der Waals surface area contributed by atoms with Gasteiger partial charge in [-0.2, -0.15) is 0 Å². The Morgan fingerprint density at radius 2 is 2.16 bits per heavy atom. The highest BCUT2D eigenvalue weighted by molar-refractivity contribution is 7.08. The number of nitrogens with one attached hydrogen (secondary N) is 1. The van der Waals surface area contributed by atoms with Crippen LogP contribution in [0.1, 0.15) is 15.4 Å². The van der Waals surface area contributed by atoms with Crippen LogP contribution in [0.3, 0.4) is 0 Å². The second-order valence-electron chi connectivity index (χ2n) is 3.80. The molecule has 0 aliphatic carbocycles. The molecule has 3 N–H and O–H groups in total. The summed E-state index contributed by atoms with van der Waals surface area (Å²) in [7, 11) is 0. The van der Waals surface area contributed by atoms with Gasteiger partial charge in [0.1, 0.15) is 17.2 Å². The lowest BCUT2D eigenvalue weighted by Crippen LogP contribution is -2.12. The Bertz CT molecular complexity index is 553. The van der Waals surface area contributed by atoms with Gasteiger partial charge in [-0.25, -0.2) is 0 Å². The summed E-state index contributed by atoms with van der Waals surface area (Å²) < 4.78 is 9.08. The number of carbonyl (C=O) groups is 1. The Balaban J connectivity index is 2.00. The molecular weight excluding hydrogens is 264 g/mol. The first kappa shape index (κ1) is 13.4. The first-order valence-corrected chi connectivity index (χ1v) is 6.51. The maximum atomic E-state index is 11.9. The molecule has 0 bridgehead atoms. The molecule has 1 heterocycles. The molecule has 100 valence electrons. The molecule has 0 spiro atoms. The molecule has 7 heteroatoms. The highest BCUT2D eigenvalue weighted by Crippen LogP contribution is 2.17. The van der Waals surface area contributed by atoms with Crippen LogP contribution in [-0.4, -0.2) is 28.6 Å². The molecular formula is C12H14N4O2S. The Kier molecular flexibility index (Phi) is 4.43. The third-order valence-corrected chi connectivity index (χ3v) is 3.18. The number of hydrogen-bond donors (Lipinski definition) is 2. The summed E-state index contributed by atoms with van der Waals surface area (Å²) in [6.07, 6.45) is 0. The molecule has 2 aromatic rings. The van der Waals surface area contributed by atoms with Crippen molar-refractivity contribution < 1.29 is 9.53 Å². The van der Waals surface area contributed by atoms with Gasteiger partial charge in [-0.3, -0.25) is 4.79 Å². The normalized spacial score (nSPS) is 10.2. The number of benzene rings is 1. The van der Waals surface area contributed by atoms with E-state index in [-0.39, 0.29) is 5.91 Å². The summed E-state index contributed by atoms with van der Waals surface area (Å²) in [6.45, 7) is 2.69. The summed E-state index contributed by atoms with van der Waals surface area (Å²) in [5.74, 6) is 0.516. The van der Waals surface area contributed by atoms with E-state index in [2.05, 4.69) is 14.9 Å². The van der Waals surface area contributed by atoms with E-state index < -0.39 is 0 Å². The van der Waals surface area contributed by atoms with Gasteiger partial charge >= 0.3 is 0 Å². The highest BCUT2D eigenvalue weighted by atomic mass is 32.1. The number of hydrogen-bond acceptors (Lipinski definition) is 6. The van der Waals surface area contributed by atoms with E-state index in [9.17, 15) is 4.79 Å². The number of nitrogens with zero attached hydrogens (tertiary/aromatic N) is 2. The van der Waals surface area contributed by atoms with E-state index in [1.165, 1.54) is 0 Å². The monoisotopic (exact) mass is 278 g/mol. The second-order valence-corrected chi connectivity index (χ2v) is 4.56. The third-order valence-electron chi connectivity index (χ3n) is 2.36. The van der Waals surface area contributed by atoms with Gasteiger partial charge in [0.15, 0.2) is 0 Å². The van der Waals surface area contributed by atoms with Crippen molar-refractivity contribution >= 4 is 23.1 Å². The third kappa shape index (κ3) is 3.49. The van der Waals surface area contributed by atoms with Crippen LogP contribution in [0.5, 0.6) is 5.75 Å². The minimum Gasteiger partial charge on any atom is -0.492 e. The number of carbonyl (C=O) groups excluding carboxylic acids is 1. The van der Waals surface area contributed by atoms with E-state index in [0.29, 0.717) is 29.4 Å². The van der Waals surface area contributed by atoms with Crippen molar-refractivity contribution in [2.24, 2.45) is 5.73 Å². The Morgan fingerprint density at radius 3 is 2.74 bits per heavy atom. The Labute approximate surface area is 114 Å². The molecule has 0 aliphatic rings. The number of rotatable bonds is 5. The van der Waals surface area contributed by atoms with Crippen LogP contribution in [0.25, 0.3) is 0 Å². The van der Waals surface area contributed by atoms with Crippen molar-refractivity contribution in [2.45, 2.75) is 6.92 Å². The zero-order chi connectivity index (χ0) is 13.7. The van der Waals surface area contributed by atoms with Gasteiger partial charge in [0.05, 0.1) is 5.69 Å². The first-order chi connectivity index (χ1) is 9.20. The van der Waals surface area contributed by atoms with Gasteiger partial charge in [0.25, 0.3) is 5.91 Å². The predicted octanol–water partition coefficient (Wildman–Crippen LogP) is 1.44. The van der Waals surface area contributed by atoms with E-state index in [0.717, 1.165) is 17.3 Å². The molecule has 19 heavy (non-hydrogen) atoms. The lowest BCUT2D eigenvalue weighted by Gasteiger charge is -2.06. The summed E-state index contributed by atoms with van der Waals surface area (Å²) in [5, 5.41) is 6.58. The molecule has 1 aromatic carbocycles. The number of aromatic nitrogens is 2. The lowest BCUT2D eigenvalue weighted by molar-refractivity contribution is 0.103. The lowest BCUT2D eigenvalue weighted by atomic mass is 10.3. The summed E-state index contributed by atoms with van der Waals surface area (Å²) >= 11 is 1.08. The Hall–Kier alpha value is -1.99. The van der Waals surface area contributed by atoms with E-state index in [1.807, 2.05) is 0 Å². The zero-order valence-electron chi connectivity index (χ0n) is 10.4. The zero-order valence-corrected chi connectivity index (χ0v) is 11.2. The van der Waals surface area contributed by atoms with Gasteiger partial charge in [0, 0.05) is 12.2 Å². The molecule has 1 amide bonds. The van der Waals surface area contributed by atoms with Crippen molar-refractivity contribution in [3.8, 4) is 5.75 Å². The highest BCUT2D eigenvalue weighted by Gasteiger charge is 2.13. The first-order valence-electron chi connectivity index (χ1n) is 5.74. The second kappa shape index (κ2) is 6.26. The van der Waals surface area contributed by atoms with Crippen LogP contribution in [-0.2, 0) is 0 Å². The number of anilines is 1. The predicted molar refractivity (Wildman–Crippen MR) is 73.6 cm³/mol. The van der Waals surface area contributed by atoms with Crippen molar-refractivity contribution in [2.75, 3.05) is 18.5 Å². The molecule has 0 unspecified atom stereocenters. The van der Waals surface area contributed by atoms with Crippen LogP contribution >= 0.6 is 11.5 Å². The minimum absolute atomic E-state index is 0.205. The fraction of sp³-hybridized carbons (Fsp3) is 0.250. The summed E-state index contributed by atoms with van der Waals surface area (Å²) in [5.41, 5.74) is 6.67. The molecule has 0 saturated heterocycles. The van der Waals surface area contributed by atoms with E-state index in [1.54, 1.807) is 31.2 Å². The SMILES string of the molecule is Cc1nnsc1C(=O)Nc1ccc(OCCN)cc1. The van der Waals surface area contributed by atoms with Gasteiger partial charge in [-0.15, -0.1) is 5.10 Å². The molecule has 0 aliphatic heterocycles. The molecule has 0 radical (unpaired) electrons. The smallest absolute Gasteiger partial charge is 0.269 e. The average Bonchev–Trinajstić information content (AvgIpc) is 2.84. The minimum atomic E-state index is -0.205. The van der Waals surface area contributed by atoms with Crippen LogP contribution in [0.2, 0.25) is 0 Å². The molecule has 6 nitrogen and oxygen atoms in total. The fourth-order valence-corrected chi connectivity index (χ4v) is 1.99. The van der Waals surface area contributed by atoms with E-state index >= 15 is 0 Å². The van der Waals surface area contributed by atoms with E-state index in [4.69, 9.17) is 10.5 Å². The average molecular weight is 278 g/mol. The van der Waals surface area contributed by atoms with Crippen molar-refractivity contribution in [3.63, 3.8) is 0 Å². The molecule has 2 rings (SSSR count). The summed E-state index contributed by atoms with van der Waals surface area (Å²) in [4.78, 5) is 12.4. The van der Waals surface area contributed by atoms with Gasteiger partial charge in [-0.1, -0.05) is 4.49 Å². The fourth-order valence-electron chi connectivity index (χ4n) is 1.44. The molecule has 1 aromatic heterocycles. The van der Waals surface area contributed by atoms with Crippen molar-refractivity contribution in [3.05, 3.63) is 34.8 Å². The van der Waals surface area contributed by atoms with Crippen molar-refractivity contribution in [1.82, 2.24) is 9.59 Å². The Morgan fingerprint density at radius 1 is 1.42 bits per heavy atom. The maximum absolute atomic E-state index is 11.9. The van der Waals surface area contributed by atoms with Crippen LogP contribution in [0.15, 0.2) is 24.3 Å². The number of aryl methyl sites for hydroxylation is 1. The summed E-state index contributed by atoms with van der Waals surface area (Å²) in [6, 6.07) is 7.10. The number of ether oxygens (including phenoxy) is 1. The van der Waals surface area contributed by atoms with Crippen LogP contribution < -0.4 is 15.8 Å². The standard InChI is InChI=1S/C12H14N4O2S/c1-8-11(19-16-15-8)12(17)14-9-2-4-10(5-3-9)18-7-6-13/h2-5H,6-7,13H2,1H3,(H,14,17).